The van der Waals surface area contributed by atoms with Crippen LogP contribution in [0.3, 0.4) is 0 Å². The summed E-state index contributed by atoms with van der Waals surface area (Å²) in [6, 6.07) is 5.94. The van der Waals surface area contributed by atoms with Crippen LogP contribution in [0.5, 0.6) is 0 Å². The van der Waals surface area contributed by atoms with Crippen LogP contribution in [-0.4, -0.2) is 5.78 Å². The SMILES string of the molecule is CCC(C)C(=O)c1ccc(C)c(C)c1. The molecule has 0 aliphatic heterocycles. The Morgan fingerprint density at radius 2 is 1.93 bits per heavy atom. The van der Waals surface area contributed by atoms with E-state index in [1.807, 2.05) is 39.0 Å². The van der Waals surface area contributed by atoms with Crippen LogP contribution in [0.4, 0.5) is 0 Å². The Kier molecular flexibility index (Phi) is 3.45. The lowest BCUT2D eigenvalue weighted by Crippen LogP contribution is -2.10. The number of benzene rings is 1. The maximum absolute atomic E-state index is 11.8. The second kappa shape index (κ2) is 4.41. The number of rotatable bonds is 3. The zero-order chi connectivity index (χ0) is 10.7. The predicted molar refractivity (Wildman–Crippen MR) is 59.7 cm³/mol. The molecule has 1 aromatic carbocycles. The standard InChI is InChI=1S/C13H18O/c1-5-9(2)13(14)12-7-6-10(3)11(4)8-12/h6-9H,5H2,1-4H3. The quantitative estimate of drug-likeness (QED) is 0.666. The van der Waals surface area contributed by atoms with Gasteiger partial charge in [0.1, 0.15) is 0 Å². The van der Waals surface area contributed by atoms with Gasteiger partial charge >= 0.3 is 0 Å². The molecule has 1 heteroatoms. The van der Waals surface area contributed by atoms with Crippen LogP contribution in [0.25, 0.3) is 0 Å². The minimum Gasteiger partial charge on any atom is -0.294 e. The first kappa shape index (κ1) is 11.0. The first-order valence-electron chi connectivity index (χ1n) is 5.17. The van der Waals surface area contributed by atoms with Gasteiger partial charge in [0.25, 0.3) is 0 Å². The van der Waals surface area contributed by atoms with E-state index in [9.17, 15) is 4.79 Å². The Labute approximate surface area is 86.1 Å². The molecule has 1 rings (SSSR count). The fourth-order valence-corrected chi connectivity index (χ4v) is 1.36. The fourth-order valence-electron chi connectivity index (χ4n) is 1.36. The van der Waals surface area contributed by atoms with E-state index in [1.165, 1.54) is 11.1 Å². The van der Waals surface area contributed by atoms with E-state index < -0.39 is 0 Å². The van der Waals surface area contributed by atoms with E-state index in [4.69, 9.17) is 0 Å². The van der Waals surface area contributed by atoms with Crippen molar-refractivity contribution >= 4 is 5.78 Å². The van der Waals surface area contributed by atoms with Crippen molar-refractivity contribution in [3.8, 4) is 0 Å². The minimum absolute atomic E-state index is 0.136. The molecule has 0 amide bonds. The highest BCUT2D eigenvalue weighted by Gasteiger charge is 2.13. The molecule has 0 saturated carbocycles. The third kappa shape index (κ3) is 2.22. The normalized spacial score (nSPS) is 12.6. The van der Waals surface area contributed by atoms with Gasteiger partial charge < -0.3 is 0 Å². The van der Waals surface area contributed by atoms with Crippen molar-refractivity contribution in [2.24, 2.45) is 5.92 Å². The molecule has 0 aliphatic rings. The van der Waals surface area contributed by atoms with Gasteiger partial charge in [0.15, 0.2) is 5.78 Å². The summed E-state index contributed by atoms with van der Waals surface area (Å²) >= 11 is 0. The molecule has 0 aromatic heterocycles. The van der Waals surface area contributed by atoms with Gasteiger partial charge in [0.05, 0.1) is 0 Å². The number of hydrogen-bond acceptors (Lipinski definition) is 1. The topological polar surface area (TPSA) is 17.1 Å². The number of hydrogen-bond donors (Lipinski definition) is 0. The van der Waals surface area contributed by atoms with Crippen LogP contribution in [0.15, 0.2) is 18.2 Å². The van der Waals surface area contributed by atoms with Crippen LogP contribution in [0, 0.1) is 19.8 Å². The van der Waals surface area contributed by atoms with E-state index in [1.54, 1.807) is 0 Å². The molecule has 0 saturated heterocycles. The highest BCUT2D eigenvalue weighted by atomic mass is 16.1. The monoisotopic (exact) mass is 190 g/mol. The van der Waals surface area contributed by atoms with Crippen LogP contribution < -0.4 is 0 Å². The van der Waals surface area contributed by atoms with Gasteiger partial charge in [-0.25, -0.2) is 0 Å². The maximum Gasteiger partial charge on any atom is 0.165 e. The summed E-state index contributed by atoms with van der Waals surface area (Å²) in [7, 11) is 0. The number of carbonyl (C=O) groups excluding carboxylic acids is 1. The van der Waals surface area contributed by atoms with Gasteiger partial charge in [-0.3, -0.25) is 4.79 Å². The maximum atomic E-state index is 11.8. The van der Waals surface area contributed by atoms with Crippen LogP contribution in [-0.2, 0) is 0 Å². The highest BCUT2D eigenvalue weighted by Crippen LogP contribution is 2.15. The van der Waals surface area contributed by atoms with Gasteiger partial charge in [-0.05, 0) is 37.5 Å². The van der Waals surface area contributed by atoms with Gasteiger partial charge in [-0.15, -0.1) is 0 Å². The van der Waals surface area contributed by atoms with Crippen molar-refractivity contribution in [2.75, 3.05) is 0 Å². The highest BCUT2D eigenvalue weighted by molar-refractivity contribution is 5.97. The number of Topliss-reactive ketones (excluding diaryl/α,β-unsaturated/α-hetero) is 1. The lowest BCUT2D eigenvalue weighted by Gasteiger charge is -2.08. The van der Waals surface area contributed by atoms with Crippen LogP contribution in [0.1, 0.15) is 41.8 Å². The molecular formula is C13H18O. The summed E-state index contributed by atoms with van der Waals surface area (Å²) in [5, 5.41) is 0. The van der Waals surface area contributed by atoms with Gasteiger partial charge in [-0.1, -0.05) is 26.0 Å². The lowest BCUT2D eigenvalue weighted by molar-refractivity contribution is 0.0927. The Bertz CT molecular complexity index is 339. The van der Waals surface area contributed by atoms with E-state index in [0.29, 0.717) is 0 Å². The van der Waals surface area contributed by atoms with Crippen LogP contribution in [0.2, 0.25) is 0 Å². The van der Waals surface area contributed by atoms with E-state index in [0.717, 1.165) is 12.0 Å². The second-order valence-electron chi connectivity index (χ2n) is 3.97. The van der Waals surface area contributed by atoms with Crippen molar-refractivity contribution in [2.45, 2.75) is 34.1 Å². The molecule has 0 aliphatic carbocycles. The molecule has 0 heterocycles. The molecule has 1 aromatic rings. The zero-order valence-corrected chi connectivity index (χ0v) is 9.42. The zero-order valence-electron chi connectivity index (χ0n) is 9.42. The number of aryl methyl sites for hydroxylation is 2. The average Bonchev–Trinajstić information content (AvgIpc) is 2.20. The number of carbonyl (C=O) groups is 1. The van der Waals surface area contributed by atoms with Crippen molar-refractivity contribution in [3.05, 3.63) is 34.9 Å². The molecule has 14 heavy (non-hydrogen) atoms. The van der Waals surface area contributed by atoms with Gasteiger partial charge in [0.2, 0.25) is 0 Å². The summed E-state index contributed by atoms with van der Waals surface area (Å²) in [6.07, 6.45) is 0.908. The summed E-state index contributed by atoms with van der Waals surface area (Å²) in [6.45, 7) is 8.14. The fraction of sp³-hybridized carbons (Fsp3) is 0.462. The lowest BCUT2D eigenvalue weighted by atomic mass is 9.95. The third-order valence-corrected chi connectivity index (χ3v) is 2.85. The van der Waals surface area contributed by atoms with Crippen molar-refractivity contribution in [1.29, 1.82) is 0 Å². The van der Waals surface area contributed by atoms with E-state index in [2.05, 4.69) is 6.92 Å². The predicted octanol–water partition coefficient (Wildman–Crippen LogP) is 3.53. The molecule has 0 bridgehead atoms. The molecule has 0 fully saturated rings. The molecule has 76 valence electrons. The molecular weight excluding hydrogens is 172 g/mol. The molecule has 1 nitrogen and oxygen atoms in total. The largest absolute Gasteiger partial charge is 0.294 e. The first-order chi connectivity index (χ1) is 6.56. The van der Waals surface area contributed by atoms with E-state index in [-0.39, 0.29) is 11.7 Å². The summed E-state index contributed by atoms with van der Waals surface area (Å²) in [5.41, 5.74) is 3.28. The molecule has 0 radical (unpaired) electrons. The summed E-state index contributed by atoms with van der Waals surface area (Å²) in [4.78, 5) is 11.8. The van der Waals surface area contributed by atoms with E-state index >= 15 is 0 Å². The molecule has 0 N–H and O–H groups in total. The second-order valence-corrected chi connectivity index (χ2v) is 3.97. The summed E-state index contributed by atoms with van der Waals surface area (Å²) < 4.78 is 0. The Morgan fingerprint density at radius 3 is 2.43 bits per heavy atom. The van der Waals surface area contributed by atoms with Crippen molar-refractivity contribution < 1.29 is 4.79 Å². The minimum atomic E-state index is 0.136. The third-order valence-electron chi connectivity index (χ3n) is 2.85. The molecule has 0 spiro atoms. The van der Waals surface area contributed by atoms with Crippen molar-refractivity contribution in [1.82, 2.24) is 0 Å². The smallest absolute Gasteiger partial charge is 0.165 e. The van der Waals surface area contributed by atoms with Crippen LogP contribution >= 0.6 is 0 Å². The van der Waals surface area contributed by atoms with Gasteiger partial charge in [-0.2, -0.15) is 0 Å². The van der Waals surface area contributed by atoms with Crippen molar-refractivity contribution in [3.63, 3.8) is 0 Å². The Morgan fingerprint density at radius 1 is 1.29 bits per heavy atom. The first-order valence-corrected chi connectivity index (χ1v) is 5.17. The molecule has 1 unspecified atom stereocenters. The average molecular weight is 190 g/mol. The summed E-state index contributed by atoms with van der Waals surface area (Å²) in [5.74, 6) is 0.396. The van der Waals surface area contributed by atoms with Gasteiger partial charge in [0, 0.05) is 11.5 Å². The molecule has 1 atom stereocenters. The Hall–Kier alpha value is -1.11. The number of ketones is 1. The Balaban J connectivity index is 2.97.